The van der Waals surface area contributed by atoms with Crippen LogP contribution >= 0.6 is 0 Å². The average Bonchev–Trinajstić information content (AvgIpc) is 2.92. The van der Waals surface area contributed by atoms with Crippen LogP contribution in [-0.2, 0) is 6.61 Å². The summed E-state index contributed by atoms with van der Waals surface area (Å²) in [5.74, 6) is 1.21. The van der Waals surface area contributed by atoms with E-state index in [4.69, 9.17) is 9.26 Å². The number of carbonyl (C=O) groups excluding carboxylic acids is 1. The monoisotopic (exact) mass is 329 g/mol. The van der Waals surface area contributed by atoms with Crippen molar-refractivity contribution >= 4 is 5.91 Å². The lowest BCUT2D eigenvalue weighted by molar-refractivity contribution is 0.0926. The molecule has 1 amide bonds. The second-order valence-electron chi connectivity index (χ2n) is 6.10. The number of rotatable bonds is 5. The molecule has 128 valence electrons. The molecule has 2 heterocycles. The Balaban J connectivity index is 1.69. The Morgan fingerprint density at radius 2 is 2.25 bits per heavy atom. The van der Waals surface area contributed by atoms with E-state index in [1.807, 2.05) is 32.0 Å². The molecule has 1 aliphatic rings. The van der Waals surface area contributed by atoms with E-state index in [2.05, 4.69) is 15.8 Å². The zero-order valence-corrected chi connectivity index (χ0v) is 14.1. The summed E-state index contributed by atoms with van der Waals surface area (Å²) in [6, 6.07) is 7.47. The van der Waals surface area contributed by atoms with Crippen LogP contribution in [0.4, 0.5) is 0 Å². The van der Waals surface area contributed by atoms with Crippen molar-refractivity contribution < 1.29 is 14.1 Å². The van der Waals surface area contributed by atoms with Crippen LogP contribution in [-0.4, -0.2) is 30.2 Å². The quantitative estimate of drug-likeness (QED) is 0.880. The van der Waals surface area contributed by atoms with Gasteiger partial charge < -0.3 is 19.9 Å². The molecular weight excluding hydrogens is 306 g/mol. The van der Waals surface area contributed by atoms with E-state index >= 15 is 0 Å². The van der Waals surface area contributed by atoms with Crippen LogP contribution < -0.4 is 15.4 Å². The van der Waals surface area contributed by atoms with Gasteiger partial charge in [0.2, 0.25) is 0 Å². The smallest absolute Gasteiger partial charge is 0.255 e. The minimum atomic E-state index is -0.0990. The predicted octanol–water partition coefficient (Wildman–Crippen LogP) is 2.35. The highest BCUT2D eigenvalue weighted by Gasteiger charge is 2.19. The first kappa shape index (κ1) is 16.5. The number of para-hydroxylation sites is 1. The standard InChI is InChI=1S/C18H23N3O3/c1-12-16(13(2)24-21-12)11-23-17-8-4-3-7-15(17)18(22)20-14-6-5-9-19-10-14/h3-4,7-8,14,19H,5-6,9-11H2,1-2H3,(H,20,22)/t14-/m0/s1. The highest BCUT2D eigenvalue weighted by Crippen LogP contribution is 2.21. The SMILES string of the molecule is Cc1noc(C)c1COc1ccccc1C(=O)N[C@H]1CCCNC1. The first-order valence-electron chi connectivity index (χ1n) is 8.30. The lowest BCUT2D eigenvalue weighted by Gasteiger charge is -2.24. The van der Waals surface area contributed by atoms with Crippen molar-refractivity contribution in [2.75, 3.05) is 13.1 Å². The number of hydrogen-bond donors (Lipinski definition) is 2. The van der Waals surface area contributed by atoms with Crippen molar-refractivity contribution in [1.29, 1.82) is 0 Å². The van der Waals surface area contributed by atoms with Crippen molar-refractivity contribution in [3.05, 3.63) is 46.8 Å². The Morgan fingerprint density at radius 3 is 2.96 bits per heavy atom. The molecule has 0 saturated carbocycles. The summed E-state index contributed by atoms with van der Waals surface area (Å²) in [6.07, 6.45) is 2.08. The van der Waals surface area contributed by atoms with Crippen molar-refractivity contribution in [3.8, 4) is 5.75 Å². The van der Waals surface area contributed by atoms with Gasteiger partial charge in [-0.05, 0) is 45.4 Å². The number of hydrogen-bond acceptors (Lipinski definition) is 5. The van der Waals surface area contributed by atoms with Gasteiger partial charge in [-0.1, -0.05) is 17.3 Å². The minimum Gasteiger partial charge on any atom is -0.488 e. The topological polar surface area (TPSA) is 76.4 Å². The van der Waals surface area contributed by atoms with Crippen LogP contribution in [0, 0.1) is 13.8 Å². The van der Waals surface area contributed by atoms with Gasteiger partial charge in [0.15, 0.2) is 0 Å². The second-order valence-corrected chi connectivity index (χ2v) is 6.10. The molecule has 2 N–H and O–H groups in total. The largest absolute Gasteiger partial charge is 0.488 e. The number of aromatic nitrogens is 1. The molecule has 0 unspecified atom stereocenters. The molecule has 0 spiro atoms. The van der Waals surface area contributed by atoms with Crippen LogP contribution in [0.5, 0.6) is 5.75 Å². The van der Waals surface area contributed by atoms with E-state index in [1.54, 1.807) is 6.07 Å². The van der Waals surface area contributed by atoms with Gasteiger partial charge >= 0.3 is 0 Å². The number of aryl methyl sites for hydroxylation is 2. The fourth-order valence-corrected chi connectivity index (χ4v) is 2.88. The third-order valence-electron chi connectivity index (χ3n) is 4.32. The van der Waals surface area contributed by atoms with Crippen molar-refractivity contribution in [2.24, 2.45) is 0 Å². The Kier molecular flexibility index (Phi) is 5.15. The first-order chi connectivity index (χ1) is 11.6. The zero-order chi connectivity index (χ0) is 16.9. The van der Waals surface area contributed by atoms with E-state index in [-0.39, 0.29) is 11.9 Å². The van der Waals surface area contributed by atoms with Gasteiger partial charge in [-0.15, -0.1) is 0 Å². The molecule has 0 radical (unpaired) electrons. The van der Waals surface area contributed by atoms with Gasteiger partial charge in [0, 0.05) is 12.6 Å². The molecule has 6 heteroatoms. The lowest BCUT2D eigenvalue weighted by atomic mass is 10.1. The van der Waals surface area contributed by atoms with E-state index in [9.17, 15) is 4.79 Å². The summed E-state index contributed by atoms with van der Waals surface area (Å²) < 4.78 is 11.0. The third-order valence-corrected chi connectivity index (χ3v) is 4.32. The molecule has 6 nitrogen and oxygen atoms in total. The summed E-state index contributed by atoms with van der Waals surface area (Å²) >= 11 is 0. The number of nitrogens with one attached hydrogen (secondary N) is 2. The van der Waals surface area contributed by atoms with E-state index < -0.39 is 0 Å². The maximum Gasteiger partial charge on any atom is 0.255 e. The Labute approximate surface area is 141 Å². The molecule has 0 aliphatic carbocycles. The molecule has 1 aromatic heterocycles. The summed E-state index contributed by atoms with van der Waals surface area (Å²) in [5, 5.41) is 10.3. The minimum absolute atomic E-state index is 0.0990. The van der Waals surface area contributed by atoms with Crippen molar-refractivity contribution in [3.63, 3.8) is 0 Å². The maximum atomic E-state index is 12.6. The van der Waals surface area contributed by atoms with Crippen LogP contribution in [0.1, 0.15) is 40.2 Å². The Hall–Kier alpha value is -2.34. The molecule has 3 rings (SSSR count). The lowest BCUT2D eigenvalue weighted by Crippen LogP contribution is -2.45. The van der Waals surface area contributed by atoms with Gasteiger partial charge in [0.25, 0.3) is 5.91 Å². The molecule has 2 aromatic rings. The van der Waals surface area contributed by atoms with Gasteiger partial charge in [-0.3, -0.25) is 4.79 Å². The second kappa shape index (κ2) is 7.49. The summed E-state index contributed by atoms with van der Waals surface area (Å²) in [5.41, 5.74) is 2.28. The number of carbonyl (C=O) groups is 1. The zero-order valence-electron chi connectivity index (χ0n) is 14.1. The third kappa shape index (κ3) is 3.76. The fourth-order valence-electron chi connectivity index (χ4n) is 2.88. The van der Waals surface area contributed by atoms with Crippen LogP contribution in [0.25, 0.3) is 0 Å². The molecule has 24 heavy (non-hydrogen) atoms. The predicted molar refractivity (Wildman–Crippen MR) is 90.1 cm³/mol. The number of piperidine rings is 1. The van der Waals surface area contributed by atoms with Crippen LogP contribution in [0.15, 0.2) is 28.8 Å². The first-order valence-corrected chi connectivity index (χ1v) is 8.30. The van der Waals surface area contributed by atoms with Gasteiger partial charge in [0.05, 0.1) is 16.8 Å². The van der Waals surface area contributed by atoms with Crippen LogP contribution in [0.3, 0.4) is 0 Å². The molecular formula is C18H23N3O3. The number of nitrogens with zero attached hydrogens (tertiary/aromatic N) is 1. The van der Waals surface area contributed by atoms with E-state index in [1.165, 1.54) is 0 Å². The molecule has 1 saturated heterocycles. The molecule has 1 atom stereocenters. The summed E-state index contributed by atoms with van der Waals surface area (Å²) in [7, 11) is 0. The summed E-state index contributed by atoms with van der Waals surface area (Å²) in [4.78, 5) is 12.6. The Morgan fingerprint density at radius 1 is 1.42 bits per heavy atom. The number of amides is 1. The summed E-state index contributed by atoms with van der Waals surface area (Å²) in [6.45, 7) is 5.89. The molecule has 1 fully saturated rings. The molecule has 0 bridgehead atoms. The van der Waals surface area contributed by atoms with Crippen LogP contribution in [0.2, 0.25) is 0 Å². The highest BCUT2D eigenvalue weighted by molar-refractivity contribution is 5.97. The number of ether oxygens (including phenoxy) is 1. The van der Waals surface area contributed by atoms with Gasteiger partial charge in [-0.2, -0.15) is 0 Å². The molecule has 1 aliphatic heterocycles. The van der Waals surface area contributed by atoms with Gasteiger partial charge in [-0.25, -0.2) is 0 Å². The van der Waals surface area contributed by atoms with E-state index in [0.29, 0.717) is 17.9 Å². The Bertz CT molecular complexity index is 686. The van der Waals surface area contributed by atoms with Crippen molar-refractivity contribution in [2.45, 2.75) is 39.3 Å². The van der Waals surface area contributed by atoms with Gasteiger partial charge in [0.1, 0.15) is 18.1 Å². The van der Waals surface area contributed by atoms with Crippen molar-refractivity contribution in [1.82, 2.24) is 15.8 Å². The highest BCUT2D eigenvalue weighted by atomic mass is 16.5. The normalized spacial score (nSPS) is 17.5. The number of benzene rings is 1. The van der Waals surface area contributed by atoms with E-state index in [0.717, 1.165) is 42.9 Å². The maximum absolute atomic E-state index is 12.6. The fraction of sp³-hybridized carbons (Fsp3) is 0.444. The molecule has 1 aromatic carbocycles. The average molecular weight is 329 g/mol.